The highest BCUT2D eigenvalue weighted by molar-refractivity contribution is 5.26. The van der Waals surface area contributed by atoms with Crippen LogP contribution in [0.5, 0.6) is 0 Å². The topological polar surface area (TPSA) is 3.24 Å². The first-order valence-electron chi connectivity index (χ1n) is 4.84. The molecule has 0 spiro atoms. The van der Waals surface area contributed by atoms with Crippen LogP contribution < -0.4 is 0 Å². The van der Waals surface area contributed by atoms with Crippen molar-refractivity contribution in [1.82, 2.24) is 4.90 Å². The molecule has 0 N–H and O–H groups in total. The van der Waals surface area contributed by atoms with Crippen LogP contribution in [-0.2, 0) is 0 Å². The third kappa shape index (κ3) is 2.96. The predicted molar refractivity (Wildman–Crippen MR) is 48.7 cm³/mol. The molecule has 0 aliphatic rings. The summed E-state index contributed by atoms with van der Waals surface area (Å²) in [6.45, 7) is -4.15. The van der Waals surface area contributed by atoms with Gasteiger partial charge in [0.15, 0.2) is 23.3 Å². The highest BCUT2D eigenvalue weighted by Crippen LogP contribution is 2.30. The van der Waals surface area contributed by atoms with E-state index in [-0.39, 0.29) is 4.90 Å². The van der Waals surface area contributed by atoms with Gasteiger partial charge in [-0.25, -0.2) is 40.0 Å². The molecule has 1 atom stereocenters. The number of nitrogens with zero attached hydrogens (tertiary/aromatic N) is 1. The molecular weight excluding hydrogens is 286 g/mol. The molecule has 0 amide bonds. The van der Waals surface area contributed by atoms with E-state index in [0.29, 0.717) is 0 Å². The van der Waals surface area contributed by atoms with E-state index in [1.165, 1.54) is 0 Å². The van der Waals surface area contributed by atoms with Crippen molar-refractivity contribution in [3.8, 4) is 0 Å². The molecule has 1 aromatic rings. The summed E-state index contributed by atoms with van der Waals surface area (Å²) in [7, 11) is 0. The molecule has 1 nitrogen and oxygen atoms in total. The van der Waals surface area contributed by atoms with Crippen LogP contribution in [0.2, 0.25) is 0 Å². The van der Waals surface area contributed by atoms with Gasteiger partial charge in [0.1, 0.15) is 19.8 Å². The number of hydrogen-bond acceptors (Lipinski definition) is 1. The highest BCUT2D eigenvalue weighted by Gasteiger charge is 2.31. The Balaban J connectivity index is 3.20. The predicted octanol–water partition coefficient (Wildman–Crippen LogP) is 3.55. The third-order valence-electron chi connectivity index (χ3n) is 2.31. The zero-order chi connectivity index (χ0) is 14.7. The molecule has 0 saturated heterocycles. The minimum atomic E-state index is -2.77. The van der Waals surface area contributed by atoms with Crippen LogP contribution in [-0.4, -0.2) is 25.0 Å². The van der Waals surface area contributed by atoms with Gasteiger partial charge in [0.05, 0.1) is 5.56 Å². The molecular formula is C10H7F8N. The third-order valence-corrected chi connectivity index (χ3v) is 2.31. The summed E-state index contributed by atoms with van der Waals surface area (Å²) in [6.07, 6.45) is -2.77. The Morgan fingerprint density at radius 3 is 1.47 bits per heavy atom. The fourth-order valence-electron chi connectivity index (χ4n) is 1.34. The lowest BCUT2D eigenvalue weighted by Gasteiger charge is -2.18. The van der Waals surface area contributed by atoms with E-state index in [0.717, 1.165) is 0 Å². The standard InChI is InChI=1S/C10H7F8N/c11-2-19(3-12)1-4(13)5-6(14)8(16)10(18)9(17)7(5)15/h4H,1-3H2. The lowest BCUT2D eigenvalue weighted by atomic mass is 10.1. The maximum Gasteiger partial charge on any atom is 0.200 e. The first-order valence-corrected chi connectivity index (χ1v) is 4.84. The molecule has 0 aromatic heterocycles. The van der Waals surface area contributed by atoms with Crippen LogP contribution in [0.3, 0.4) is 0 Å². The van der Waals surface area contributed by atoms with E-state index in [1.54, 1.807) is 0 Å². The lowest BCUT2D eigenvalue weighted by Crippen LogP contribution is -2.27. The van der Waals surface area contributed by atoms with E-state index in [4.69, 9.17) is 0 Å². The fraction of sp³-hybridized carbons (Fsp3) is 0.400. The maximum absolute atomic E-state index is 13.5. The Hall–Kier alpha value is -1.38. The average Bonchev–Trinajstić information content (AvgIpc) is 2.40. The molecule has 108 valence electrons. The SMILES string of the molecule is FCN(CF)CC(F)c1c(F)c(F)c(F)c(F)c1F. The van der Waals surface area contributed by atoms with Gasteiger partial charge in [0.25, 0.3) is 0 Å². The highest BCUT2D eigenvalue weighted by atomic mass is 19.2. The summed E-state index contributed by atoms with van der Waals surface area (Å²) in [5, 5.41) is 0. The molecule has 9 heteroatoms. The Morgan fingerprint density at radius 1 is 0.737 bits per heavy atom. The Bertz CT molecular complexity index is 430. The molecule has 0 aliphatic carbocycles. The molecule has 1 unspecified atom stereocenters. The van der Waals surface area contributed by atoms with Crippen molar-refractivity contribution >= 4 is 0 Å². The number of hydrogen-bond donors (Lipinski definition) is 0. The van der Waals surface area contributed by atoms with E-state index < -0.39 is 61.0 Å². The Morgan fingerprint density at radius 2 is 1.11 bits per heavy atom. The summed E-state index contributed by atoms with van der Waals surface area (Å²) < 4.78 is 102. The average molecular weight is 293 g/mol. The van der Waals surface area contributed by atoms with Crippen LogP contribution in [0.1, 0.15) is 11.7 Å². The summed E-state index contributed by atoms with van der Waals surface area (Å²) >= 11 is 0. The zero-order valence-electron chi connectivity index (χ0n) is 9.17. The summed E-state index contributed by atoms with van der Waals surface area (Å²) in [5.74, 6) is -11.8. The molecule has 0 fully saturated rings. The minimum Gasteiger partial charge on any atom is -0.246 e. The first kappa shape index (κ1) is 15.7. The van der Waals surface area contributed by atoms with E-state index in [9.17, 15) is 35.1 Å². The quantitative estimate of drug-likeness (QED) is 0.347. The van der Waals surface area contributed by atoms with E-state index in [1.807, 2.05) is 0 Å². The maximum atomic E-state index is 13.5. The molecule has 0 saturated carbocycles. The van der Waals surface area contributed by atoms with Crippen molar-refractivity contribution in [2.45, 2.75) is 6.17 Å². The van der Waals surface area contributed by atoms with Gasteiger partial charge in [-0.1, -0.05) is 0 Å². The summed E-state index contributed by atoms with van der Waals surface area (Å²) in [5.41, 5.74) is -1.75. The van der Waals surface area contributed by atoms with Crippen LogP contribution in [0.4, 0.5) is 35.1 Å². The normalized spacial score (nSPS) is 13.1. The summed E-state index contributed by atoms with van der Waals surface area (Å²) in [6, 6.07) is 0. The van der Waals surface area contributed by atoms with Gasteiger partial charge < -0.3 is 0 Å². The van der Waals surface area contributed by atoms with Gasteiger partial charge in [-0.3, -0.25) is 0 Å². The molecule has 0 bridgehead atoms. The van der Waals surface area contributed by atoms with Gasteiger partial charge in [-0.05, 0) is 0 Å². The van der Waals surface area contributed by atoms with Crippen molar-refractivity contribution < 1.29 is 35.1 Å². The minimum absolute atomic E-state index is 0.142. The second-order valence-electron chi connectivity index (χ2n) is 3.54. The molecule has 19 heavy (non-hydrogen) atoms. The van der Waals surface area contributed by atoms with E-state index in [2.05, 4.69) is 0 Å². The second-order valence-corrected chi connectivity index (χ2v) is 3.54. The number of halogens is 8. The smallest absolute Gasteiger partial charge is 0.200 e. The van der Waals surface area contributed by atoms with Gasteiger partial charge in [0.2, 0.25) is 5.82 Å². The Kier molecular flexibility index (Phi) is 5.10. The van der Waals surface area contributed by atoms with Crippen molar-refractivity contribution in [2.75, 3.05) is 20.1 Å². The van der Waals surface area contributed by atoms with Gasteiger partial charge in [-0.2, -0.15) is 0 Å². The van der Waals surface area contributed by atoms with Crippen LogP contribution in [0.25, 0.3) is 0 Å². The van der Waals surface area contributed by atoms with Gasteiger partial charge in [0, 0.05) is 6.54 Å². The van der Waals surface area contributed by atoms with E-state index >= 15 is 0 Å². The molecule has 0 aliphatic heterocycles. The van der Waals surface area contributed by atoms with Crippen molar-refractivity contribution in [3.63, 3.8) is 0 Å². The van der Waals surface area contributed by atoms with Crippen LogP contribution in [0, 0.1) is 29.1 Å². The lowest BCUT2D eigenvalue weighted by molar-refractivity contribution is 0.0902. The zero-order valence-corrected chi connectivity index (χ0v) is 9.17. The fourth-order valence-corrected chi connectivity index (χ4v) is 1.34. The van der Waals surface area contributed by atoms with Gasteiger partial charge >= 0.3 is 0 Å². The first-order chi connectivity index (χ1) is 8.84. The second kappa shape index (κ2) is 6.18. The largest absolute Gasteiger partial charge is 0.246 e. The van der Waals surface area contributed by atoms with Gasteiger partial charge in [-0.15, -0.1) is 0 Å². The summed E-state index contributed by atoms with van der Waals surface area (Å²) in [4.78, 5) is 0.142. The molecule has 1 rings (SSSR count). The van der Waals surface area contributed by atoms with Crippen molar-refractivity contribution in [3.05, 3.63) is 34.6 Å². The van der Waals surface area contributed by atoms with Crippen LogP contribution >= 0.6 is 0 Å². The van der Waals surface area contributed by atoms with Crippen molar-refractivity contribution in [1.29, 1.82) is 0 Å². The molecule has 0 heterocycles. The molecule has 1 aromatic carbocycles. The number of rotatable bonds is 5. The monoisotopic (exact) mass is 293 g/mol. The number of benzene rings is 1. The Labute approximate surface area is 102 Å². The van der Waals surface area contributed by atoms with Crippen LogP contribution in [0.15, 0.2) is 0 Å². The molecule has 0 radical (unpaired) electrons. The van der Waals surface area contributed by atoms with Crippen molar-refractivity contribution in [2.24, 2.45) is 0 Å². The number of alkyl halides is 3.